The van der Waals surface area contributed by atoms with Crippen molar-refractivity contribution in [2.24, 2.45) is 0 Å². The summed E-state index contributed by atoms with van der Waals surface area (Å²) in [6.45, 7) is 11.6. The first kappa shape index (κ1) is 26.0. The lowest BCUT2D eigenvalue weighted by Crippen LogP contribution is -2.65. The van der Waals surface area contributed by atoms with Gasteiger partial charge in [-0.15, -0.1) is 6.58 Å². The van der Waals surface area contributed by atoms with Gasteiger partial charge < -0.3 is 13.3 Å². The van der Waals surface area contributed by atoms with Gasteiger partial charge in [-0.05, 0) is 31.9 Å². The molecule has 0 aliphatic carbocycles. The zero-order chi connectivity index (χ0) is 21.7. The summed E-state index contributed by atoms with van der Waals surface area (Å²) < 4.78 is 17.6. The maximum atomic E-state index is 5.87. The molecule has 0 radical (unpaired) electrons. The number of nitrogens with zero attached hydrogens (tertiary/aromatic N) is 1. The van der Waals surface area contributed by atoms with Crippen LogP contribution in [0.5, 0.6) is 0 Å². The smallest absolute Gasteiger partial charge is 0.376 e. The van der Waals surface area contributed by atoms with Crippen LogP contribution in [0.25, 0.3) is 0 Å². The van der Waals surface area contributed by atoms with Crippen LogP contribution < -0.4 is 5.32 Å². The van der Waals surface area contributed by atoms with E-state index in [1.54, 1.807) is 21.3 Å². The van der Waals surface area contributed by atoms with Crippen molar-refractivity contribution in [2.75, 3.05) is 27.9 Å². The Morgan fingerprint density at radius 2 is 1.66 bits per heavy atom. The molecule has 0 aliphatic rings. The van der Waals surface area contributed by atoms with E-state index in [4.69, 9.17) is 13.3 Å². The van der Waals surface area contributed by atoms with E-state index in [-0.39, 0.29) is 17.9 Å². The second-order valence-corrected chi connectivity index (χ2v) is 10.5. The van der Waals surface area contributed by atoms with Crippen LogP contribution in [0.15, 0.2) is 43.0 Å². The topological polar surface area (TPSA) is 43.0 Å². The molecule has 166 valence electrons. The molecular formula is C23H42N2O3Si. The zero-order valence-electron chi connectivity index (χ0n) is 19.3. The van der Waals surface area contributed by atoms with Gasteiger partial charge in [-0.1, -0.05) is 69.5 Å². The highest BCUT2D eigenvalue weighted by Gasteiger charge is 2.50. The molecule has 1 aromatic rings. The summed E-state index contributed by atoms with van der Waals surface area (Å²) in [6, 6.07) is 10.5. The first-order chi connectivity index (χ1) is 14.0. The number of benzene rings is 1. The number of unbranched alkanes of at least 4 members (excludes halogenated alkanes) is 3. The standard InChI is InChI=1S/C23H42N2O3Si/c1-8-11-12-16-19-25(23(10-3)29(26-5,27-6)28-7)20(4)24-22(9-2)21-17-14-13-15-18-21/h9,13-15,17-18,20,22-24H,2,8,10-12,16,19H2,1,3-7H3. The van der Waals surface area contributed by atoms with Crippen LogP contribution in [0.1, 0.15) is 64.5 Å². The van der Waals surface area contributed by atoms with E-state index in [0.717, 1.165) is 19.4 Å². The quantitative estimate of drug-likeness (QED) is 0.177. The Kier molecular flexibility index (Phi) is 12.6. The summed E-state index contributed by atoms with van der Waals surface area (Å²) in [6.07, 6.45) is 7.82. The lowest BCUT2D eigenvalue weighted by atomic mass is 10.1. The van der Waals surface area contributed by atoms with E-state index in [0.29, 0.717) is 0 Å². The van der Waals surface area contributed by atoms with E-state index in [1.165, 1.54) is 24.8 Å². The summed E-state index contributed by atoms with van der Waals surface area (Å²) in [5.74, 6) is 0. The van der Waals surface area contributed by atoms with E-state index in [9.17, 15) is 0 Å². The summed E-state index contributed by atoms with van der Waals surface area (Å²) >= 11 is 0. The molecule has 0 spiro atoms. The van der Waals surface area contributed by atoms with E-state index >= 15 is 0 Å². The molecule has 5 nitrogen and oxygen atoms in total. The lowest BCUT2D eigenvalue weighted by Gasteiger charge is -2.43. The molecule has 0 saturated carbocycles. The van der Waals surface area contributed by atoms with Crippen LogP contribution in [-0.4, -0.2) is 53.4 Å². The molecular weight excluding hydrogens is 380 g/mol. The number of nitrogens with one attached hydrogen (secondary N) is 1. The highest BCUT2D eigenvalue weighted by molar-refractivity contribution is 6.62. The van der Waals surface area contributed by atoms with Gasteiger partial charge in [0.2, 0.25) is 0 Å². The molecule has 3 unspecified atom stereocenters. The minimum absolute atomic E-state index is 0.0746. The van der Waals surface area contributed by atoms with Gasteiger partial charge >= 0.3 is 8.80 Å². The molecule has 0 bridgehead atoms. The van der Waals surface area contributed by atoms with Crippen molar-refractivity contribution in [3.8, 4) is 0 Å². The SMILES string of the molecule is C=CC(NC(C)N(CCCCCC)C(CC)[Si](OC)(OC)OC)c1ccccc1. The molecule has 0 fully saturated rings. The van der Waals surface area contributed by atoms with Gasteiger partial charge in [-0.25, -0.2) is 0 Å². The monoisotopic (exact) mass is 422 g/mol. The first-order valence-electron chi connectivity index (χ1n) is 10.9. The Bertz CT molecular complexity index is 546. The van der Waals surface area contributed by atoms with Gasteiger partial charge in [-0.2, -0.15) is 0 Å². The van der Waals surface area contributed by atoms with Gasteiger partial charge in [0.05, 0.1) is 17.9 Å². The van der Waals surface area contributed by atoms with Gasteiger partial charge in [0.25, 0.3) is 0 Å². The minimum Gasteiger partial charge on any atom is -0.376 e. The van der Waals surface area contributed by atoms with Crippen molar-refractivity contribution >= 4 is 8.80 Å². The summed E-state index contributed by atoms with van der Waals surface area (Å²) in [4.78, 5) is 2.47. The number of hydrogen-bond donors (Lipinski definition) is 1. The van der Waals surface area contributed by atoms with Crippen molar-refractivity contribution < 1.29 is 13.3 Å². The van der Waals surface area contributed by atoms with Crippen LogP contribution in [0.3, 0.4) is 0 Å². The fraction of sp³-hybridized carbons (Fsp3) is 0.652. The van der Waals surface area contributed by atoms with Crippen LogP contribution in [-0.2, 0) is 13.3 Å². The van der Waals surface area contributed by atoms with E-state index in [2.05, 4.69) is 61.8 Å². The Morgan fingerprint density at radius 3 is 2.14 bits per heavy atom. The van der Waals surface area contributed by atoms with Gasteiger partial charge in [0.1, 0.15) is 0 Å². The van der Waals surface area contributed by atoms with Gasteiger partial charge in [-0.3, -0.25) is 10.2 Å². The van der Waals surface area contributed by atoms with Gasteiger partial charge in [0, 0.05) is 21.3 Å². The normalized spacial score (nSPS) is 15.3. The highest BCUT2D eigenvalue weighted by atomic mass is 28.4. The summed E-state index contributed by atoms with van der Waals surface area (Å²) in [5.41, 5.74) is 1.29. The van der Waals surface area contributed by atoms with Crippen LogP contribution in [0.2, 0.25) is 0 Å². The van der Waals surface area contributed by atoms with Crippen LogP contribution >= 0.6 is 0 Å². The molecule has 0 aromatic heterocycles. The second kappa shape index (κ2) is 14.1. The molecule has 6 heteroatoms. The number of hydrogen-bond acceptors (Lipinski definition) is 5. The molecule has 1 N–H and O–H groups in total. The Hall–Kier alpha value is -1.02. The average molecular weight is 423 g/mol. The summed E-state index contributed by atoms with van der Waals surface area (Å²) in [7, 11) is 2.28. The second-order valence-electron chi connectivity index (χ2n) is 7.41. The fourth-order valence-corrected chi connectivity index (χ4v) is 6.58. The van der Waals surface area contributed by atoms with Crippen molar-refractivity contribution in [3.05, 3.63) is 48.6 Å². The maximum absolute atomic E-state index is 5.87. The third-order valence-corrected chi connectivity index (χ3v) is 8.89. The first-order valence-corrected chi connectivity index (χ1v) is 12.7. The number of rotatable bonds is 16. The lowest BCUT2D eigenvalue weighted by molar-refractivity contribution is 0.0488. The predicted octanol–water partition coefficient (Wildman–Crippen LogP) is 4.93. The third kappa shape index (κ3) is 7.31. The minimum atomic E-state index is -2.82. The molecule has 29 heavy (non-hydrogen) atoms. The Labute approximate surface area is 179 Å². The highest BCUT2D eigenvalue weighted by Crippen LogP contribution is 2.24. The molecule has 0 amide bonds. The summed E-state index contributed by atoms with van der Waals surface area (Å²) in [5, 5.41) is 3.75. The third-order valence-electron chi connectivity index (χ3n) is 5.63. The molecule has 0 saturated heterocycles. The van der Waals surface area contributed by atoms with Crippen molar-refractivity contribution in [2.45, 2.75) is 70.7 Å². The van der Waals surface area contributed by atoms with E-state index in [1.807, 2.05) is 12.1 Å². The zero-order valence-corrected chi connectivity index (χ0v) is 20.3. The van der Waals surface area contributed by atoms with Crippen molar-refractivity contribution in [1.82, 2.24) is 10.2 Å². The maximum Gasteiger partial charge on any atom is 0.518 e. The molecule has 1 rings (SSSR count). The van der Waals surface area contributed by atoms with Crippen molar-refractivity contribution in [1.29, 1.82) is 0 Å². The van der Waals surface area contributed by atoms with E-state index < -0.39 is 8.80 Å². The Morgan fingerprint density at radius 1 is 1.03 bits per heavy atom. The fourth-order valence-electron chi connectivity index (χ4n) is 4.00. The predicted molar refractivity (Wildman–Crippen MR) is 124 cm³/mol. The Balaban J connectivity index is 3.08. The van der Waals surface area contributed by atoms with Crippen molar-refractivity contribution in [3.63, 3.8) is 0 Å². The van der Waals surface area contributed by atoms with Gasteiger partial charge in [0.15, 0.2) is 0 Å². The molecule has 3 atom stereocenters. The molecule has 0 aliphatic heterocycles. The average Bonchev–Trinajstić information content (AvgIpc) is 2.77. The molecule has 1 aromatic carbocycles. The van der Waals surface area contributed by atoms with Crippen LogP contribution in [0, 0.1) is 0 Å². The van der Waals surface area contributed by atoms with Crippen LogP contribution in [0.4, 0.5) is 0 Å². The largest absolute Gasteiger partial charge is 0.518 e. The molecule has 0 heterocycles.